The number of hydrogen-bond donors (Lipinski definition) is 3. The van der Waals surface area contributed by atoms with Gasteiger partial charge in [-0.25, -0.2) is 9.18 Å². The van der Waals surface area contributed by atoms with E-state index in [-0.39, 0.29) is 11.5 Å². The van der Waals surface area contributed by atoms with E-state index in [1.54, 1.807) is 6.08 Å². The number of anilines is 1. The van der Waals surface area contributed by atoms with Crippen LogP contribution >= 0.6 is 0 Å². The van der Waals surface area contributed by atoms with Crippen molar-refractivity contribution >= 4 is 29.2 Å². The summed E-state index contributed by atoms with van der Waals surface area (Å²) in [5.74, 6) is -1.80. The SMILES string of the molecule is O=C1Nc2cc(F)ccc2C1=Cc1[nH]c2c(c1C(=O)O)CCCC2. The van der Waals surface area contributed by atoms with E-state index in [2.05, 4.69) is 10.3 Å². The Morgan fingerprint density at radius 3 is 2.83 bits per heavy atom. The van der Waals surface area contributed by atoms with Crippen LogP contribution in [0.3, 0.4) is 0 Å². The number of amides is 1. The molecular formula is C18H15FN2O3. The first-order chi connectivity index (χ1) is 11.5. The number of nitrogens with one attached hydrogen (secondary N) is 2. The summed E-state index contributed by atoms with van der Waals surface area (Å²) in [5.41, 5.74) is 3.75. The molecule has 6 heteroatoms. The number of halogens is 1. The molecule has 0 saturated heterocycles. The van der Waals surface area contributed by atoms with Gasteiger partial charge >= 0.3 is 5.97 Å². The Kier molecular flexibility index (Phi) is 3.26. The van der Waals surface area contributed by atoms with Crippen LogP contribution in [0, 0.1) is 5.82 Å². The molecule has 24 heavy (non-hydrogen) atoms. The number of fused-ring (bicyclic) bond motifs is 2. The van der Waals surface area contributed by atoms with Gasteiger partial charge in [0, 0.05) is 11.3 Å². The Bertz CT molecular complexity index is 911. The first kappa shape index (κ1) is 14.7. The van der Waals surface area contributed by atoms with Crippen molar-refractivity contribution in [3.8, 4) is 0 Å². The topological polar surface area (TPSA) is 82.2 Å². The van der Waals surface area contributed by atoms with Gasteiger partial charge in [0.2, 0.25) is 0 Å². The maximum atomic E-state index is 13.3. The van der Waals surface area contributed by atoms with Crippen molar-refractivity contribution in [2.75, 3.05) is 5.32 Å². The lowest BCUT2D eigenvalue weighted by atomic mass is 9.94. The second-order valence-corrected chi connectivity index (χ2v) is 6.09. The third-order valence-corrected chi connectivity index (χ3v) is 4.59. The highest BCUT2D eigenvalue weighted by atomic mass is 19.1. The second-order valence-electron chi connectivity index (χ2n) is 6.09. The van der Waals surface area contributed by atoms with E-state index in [1.807, 2.05) is 0 Å². The van der Waals surface area contributed by atoms with Crippen molar-refractivity contribution in [2.45, 2.75) is 25.7 Å². The number of aromatic nitrogens is 1. The number of carboxylic acid groups (broad SMARTS) is 1. The summed E-state index contributed by atoms with van der Waals surface area (Å²) in [6.07, 6.45) is 5.08. The summed E-state index contributed by atoms with van der Waals surface area (Å²) >= 11 is 0. The number of H-pyrrole nitrogens is 1. The molecule has 0 bridgehead atoms. The zero-order valence-corrected chi connectivity index (χ0v) is 12.8. The van der Waals surface area contributed by atoms with Crippen LogP contribution in [-0.4, -0.2) is 22.0 Å². The van der Waals surface area contributed by atoms with Crippen LogP contribution in [-0.2, 0) is 17.6 Å². The molecule has 1 aromatic heterocycles. The van der Waals surface area contributed by atoms with Crippen LogP contribution in [0.15, 0.2) is 18.2 Å². The van der Waals surface area contributed by atoms with E-state index in [0.717, 1.165) is 36.9 Å². The summed E-state index contributed by atoms with van der Waals surface area (Å²) < 4.78 is 13.3. The van der Waals surface area contributed by atoms with Crippen LogP contribution in [0.4, 0.5) is 10.1 Å². The number of aromatic amines is 1. The van der Waals surface area contributed by atoms with Crippen molar-refractivity contribution in [1.82, 2.24) is 4.98 Å². The van der Waals surface area contributed by atoms with E-state index in [1.165, 1.54) is 18.2 Å². The predicted molar refractivity (Wildman–Crippen MR) is 87.3 cm³/mol. The van der Waals surface area contributed by atoms with Gasteiger partial charge in [0.1, 0.15) is 5.82 Å². The van der Waals surface area contributed by atoms with Gasteiger partial charge in [-0.3, -0.25) is 4.79 Å². The predicted octanol–water partition coefficient (Wildman–Crippen LogP) is 3.22. The van der Waals surface area contributed by atoms with Crippen LogP contribution in [0.1, 0.15) is 45.7 Å². The number of carbonyl (C=O) groups is 2. The summed E-state index contributed by atoms with van der Waals surface area (Å²) in [7, 11) is 0. The molecule has 4 rings (SSSR count). The number of carbonyl (C=O) groups excluding carboxylic acids is 1. The van der Waals surface area contributed by atoms with Crippen molar-refractivity contribution in [3.63, 3.8) is 0 Å². The molecule has 122 valence electrons. The van der Waals surface area contributed by atoms with Crippen molar-refractivity contribution in [3.05, 3.63) is 52.1 Å². The highest BCUT2D eigenvalue weighted by molar-refractivity contribution is 6.35. The van der Waals surface area contributed by atoms with Gasteiger partial charge in [0.25, 0.3) is 5.91 Å². The largest absolute Gasteiger partial charge is 0.478 e. The fourth-order valence-electron chi connectivity index (χ4n) is 3.51. The molecule has 1 aromatic carbocycles. The number of benzene rings is 1. The number of rotatable bonds is 2. The highest BCUT2D eigenvalue weighted by Gasteiger charge is 2.28. The lowest BCUT2D eigenvalue weighted by molar-refractivity contribution is -0.110. The zero-order valence-electron chi connectivity index (χ0n) is 12.8. The van der Waals surface area contributed by atoms with Gasteiger partial charge < -0.3 is 15.4 Å². The smallest absolute Gasteiger partial charge is 0.338 e. The molecule has 0 saturated carbocycles. The van der Waals surface area contributed by atoms with Crippen LogP contribution in [0.5, 0.6) is 0 Å². The average molecular weight is 326 g/mol. The minimum Gasteiger partial charge on any atom is -0.478 e. The van der Waals surface area contributed by atoms with E-state index < -0.39 is 11.8 Å². The quantitative estimate of drug-likeness (QED) is 0.741. The maximum Gasteiger partial charge on any atom is 0.338 e. The van der Waals surface area contributed by atoms with Gasteiger partial charge in [0.15, 0.2) is 0 Å². The molecule has 0 atom stereocenters. The minimum absolute atomic E-state index is 0.237. The number of hydrogen-bond acceptors (Lipinski definition) is 2. The standard InChI is InChI=1S/C18H15FN2O3/c19-9-5-6-10-12(17(22)21-14(10)7-9)8-15-16(18(23)24)11-3-1-2-4-13(11)20-15/h5-8,20H,1-4H2,(H,21,22)(H,23,24). The highest BCUT2D eigenvalue weighted by Crippen LogP contribution is 2.35. The Hall–Kier alpha value is -2.89. The fraction of sp³-hybridized carbons (Fsp3) is 0.222. The molecule has 0 fully saturated rings. The zero-order chi connectivity index (χ0) is 16.8. The van der Waals surface area contributed by atoms with Gasteiger partial charge in [-0.2, -0.15) is 0 Å². The molecule has 3 N–H and O–H groups in total. The lowest BCUT2D eigenvalue weighted by Gasteiger charge is -2.10. The van der Waals surface area contributed by atoms with Crippen molar-refractivity contribution < 1.29 is 19.1 Å². The molecule has 0 spiro atoms. The summed E-state index contributed by atoms with van der Waals surface area (Å²) in [5, 5.41) is 12.2. The third kappa shape index (κ3) is 2.22. The molecule has 1 amide bonds. The molecule has 0 radical (unpaired) electrons. The minimum atomic E-state index is -1.00. The Labute approximate surface area is 137 Å². The second kappa shape index (κ2) is 5.33. The molecule has 1 aliphatic heterocycles. The Morgan fingerprint density at radius 2 is 2.04 bits per heavy atom. The Balaban J connectivity index is 1.86. The molecule has 2 heterocycles. The van der Waals surface area contributed by atoms with Crippen molar-refractivity contribution in [1.29, 1.82) is 0 Å². The van der Waals surface area contributed by atoms with Crippen LogP contribution in [0.2, 0.25) is 0 Å². The van der Waals surface area contributed by atoms with Crippen molar-refractivity contribution in [2.24, 2.45) is 0 Å². The maximum absolute atomic E-state index is 13.3. The van der Waals surface area contributed by atoms with Crippen LogP contribution < -0.4 is 5.32 Å². The van der Waals surface area contributed by atoms with E-state index in [9.17, 15) is 19.1 Å². The molecule has 0 unspecified atom stereocenters. The summed E-state index contributed by atoms with van der Waals surface area (Å²) in [6.45, 7) is 0. The number of carboxylic acids is 1. The van der Waals surface area contributed by atoms with Gasteiger partial charge in [-0.15, -0.1) is 0 Å². The molecule has 2 aliphatic rings. The first-order valence-corrected chi connectivity index (χ1v) is 7.84. The molecular weight excluding hydrogens is 311 g/mol. The number of aromatic carboxylic acids is 1. The normalized spacial score (nSPS) is 17.5. The summed E-state index contributed by atoms with van der Waals surface area (Å²) in [4.78, 5) is 27.1. The average Bonchev–Trinajstić information content (AvgIpc) is 3.05. The van der Waals surface area contributed by atoms with Gasteiger partial charge in [-0.05, 0) is 55.5 Å². The van der Waals surface area contributed by atoms with E-state index in [0.29, 0.717) is 22.5 Å². The first-order valence-electron chi connectivity index (χ1n) is 7.84. The van der Waals surface area contributed by atoms with E-state index in [4.69, 9.17) is 0 Å². The monoisotopic (exact) mass is 326 g/mol. The van der Waals surface area contributed by atoms with Crippen LogP contribution in [0.25, 0.3) is 11.6 Å². The lowest BCUT2D eigenvalue weighted by Crippen LogP contribution is -2.07. The molecule has 2 aromatic rings. The summed E-state index contributed by atoms with van der Waals surface area (Å²) in [6, 6.07) is 4.06. The third-order valence-electron chi connectivity index (χ3n) is 4.59. The van der Waals surface area contributed by atoms with Gasteiger partial charge in [0.05, 0.1) is 22.5 Å². The Morgan fingerprint density at radius 1 is 1.25 bits per heavy atom. The van der Waals surface area contributed by atoms with E-state index >= 15 is 0 Å². The molecule has 5 nitrogen and oxygen atoms in total. The fourth-order valence-corrected chi connectivity index (χ4v) is 3.51. The molecule has 1 aliphatic carbocycles. The van der Waals surface area contributed by atoms with Gasteiger partial charge in [-0.1, -0.05) is 0 Å². The number of aryl methyl sites for hydroxylation is 1.